The van der Waals surface area contributed by atoms with Crippen LogP contribution in [0, 0.1) is 0 Å². The zero-order valence-corrected chi connectivity index (χ0v) is 20.0. The molecule has 4 rings (SSSR count). The number of allylic oxidation sites excluding steroid dienone is 1. The van der Waals surface area contributed by atoms with Crippen molar-refractivity contribution >= 4 is 17.8 Å². The number of carbonyl (C=O) groups is 2. The van der Waals surface area contributed by atoms with Gasteiger partial charge >= 0.3 is 0 Å². The van der Waals surface area contributed by atoms with E-state index in [-0.39, 0.29) is 18.1 Å². The number of aryl methyl sites for hydroxylation is 2. The van der Waals surface area contributed by atoms with Crippen LogP contribution in [0.15, 0.2) is 54.2 Å². The summed E-state index contributed by atoms with van der Waals surface area (Å²) < 4.78 is 2.28. The van der Waals surface area contributed by atoms with Gasteiger partial charge in [0, 0.05) is 12.8 Å². The lowest BCUT2D eigenvalue weighted by molar-refractivity contribution is -0.121. The number of hydrogen-bond donors (Lipinski definition) is 1. The van der Waals surface area contributed by atoms with E-state index < -0.39 is 0 Å². The van der Waals surface area contributed by atoms with Crippen LogP contribution in [0.5, 0.6) is 0 Å². The Hall–Kier alpha value is -3.54. The van der Waals surface area contributed by atoms with Gasteiger partial charge in [-0.1, -0.05) is 75.2 Å². The zero-order valence-electron chi connectivity index (χ0n) is 20.0. The Morgan fingerprint density at radius 3 is 2.15 bits per heavy atom. The molecular formula is C28H32N4O2. The number of ketones is 1. The number of rotatable bonds is 10. The SMILES string of the molecule is CCCCc1nnc(CCCC)n1Cc1ccc(-c2ccccc2/C=C2\NC(=O)CC2=O)cc1. The second kappa shape index (κ2) is 11.1. The number of unbranched alkanes of at least 4 members (excludes halogenated alkanes) is 2. The maximum atomic E-state index is 12.1. The molecule has 0 atom stereocenters. The molecule has 0 unspecified atom stereocenters. The summed E-state index contributed by atoms with van der Waals surface area (Å²) in [6.45, 7) is 5.15. The van der Waals surface area contributed by atoms with Gasteiger partial charge in [-0.05, 0) is 41.2 Å². The normalized spacial score (nSPS) is 14.7. The molecule has 0 aliphatic carbocycles. The van der Waals surface area contributed by atoms with Gasteiger partial charge in [0.25, 0.3) is 0 Å². The molecule has 0 saturated carbocycles. The highest BCUT2D eigenvalue weighted by Crippen LogP contribution is 2.27. The molecule has 0 radical (unpaired) electrons. The topological polar surface area (TPSA) is 76.9 Å². The van der Waals surface area contributed by atoms with E-state index in [2.05, 4.69) is 58.2 Å². The third-order valence-electron chi connectivity index (χ3n) is 6.17. The van der Waals surface area contributed by atoms with Gasteiger partial charge in [0.15, 0.2) is 5.78 Å². The predicted octanol–water partition coefficient (Wildman–Crippen LogP) is 5.11. The van der Waals surface area contributed by atoms with Crippen LogP contribution in [-0.4, -0.2) is 26.5 Å². The fourth-order valence-corrected chi connectivity index (χ4v) is 4.23. The molecule has 0 spiro atoms. The van der Waals surface area contributed by atoms with Gasteiger partial charge in [-0.2, -0.15) is 0 Å². The van der Waals surface area contributed by atoms with E-state index in [1.807, 2.05) is 24.3 Å². The molecule has 2 heterocycles. The quantitative estimate of drug-likeness (QED) is 0.340. The van der Waals surface area contributed by atoms with E-state index in [0.29, 0.717) is 5.70 Å². The summed E-state index contributed by atoms with van der Waals surface area (Å²) in [6, 6.07) is 16.4. The van der Waals surface area contributed by atoms with Crippen molar-refractivity contribution in [2.24, 2.45) is 0 Å². The number of amides is 1. The van der Waals surface area contributed by atoms with Gasteiger partial charge in [0.1, 0.15) is 11.6 Å². The van der Waals surface area contributed by atoms with Crippen molar-refractivity contribution in [3.8, 4) is 11.1 Å². The van der Waals surface area contributed by atoms with Crippen LogP contribution in [0.2, 0.25) is 0 Å². The van der Waals surface area contributed by atoms with Crippen LogP contribution in [0.25, 0.3) is 17.2 Å². The van der Waals surface area contributed by atoms with Crippen LogP contribution < -0.4 is 5.32 Å². The Morgan fingerprint density at radius 1 is 0.912 bits per heavy atom. The maximum absolute atomic E-state index is 12.1. The fourth-order valence-electron chi connectivity index (χ4n) is 4.23. The van der Waals surface area contributed by atoms with E-state index in [1.54, 1.807) is 6.08 Å². The number of aromatic nitrogens is 3. The molecule has 1 amide bonds. The molecule has 3 aromatic rings. The van der Waals surface area contributed by atoms with Crippen LogP contribution in [0.3, 0.4) is 0 Å². The van der Waals surface area contributed by atoms with Crippen molar-refractivity contribution in [3.63, 3.8) is 0 Å². The molecule has 1 saturated heterocycles. The molecule has 1 aliphatic heterocycles. The van der Waals surface area contributed by atoms with E-state index in [9.17, 15) is 9.59 Å². The summed E-state index contributed by atoms with van der Waals surface area (Å²) >= 11 is 0. The summed E-state index contributed by atoms with van der Waals surface area (Å²) in [6.07, 6.45) is 8.09. The molecule has 1 aliphatic rings. The largest absolute Gasteiger partial charge is 0.323 e. The highest BCUT2D eigenvalue weighted by atomic mass is 16.2. The Labute approximate surface area is 201 Å². The van der Waals surface area contributed by atoms with Crippen LogP contribution in [0.1, 0.15) is 68.7 Å². The van der Waals surface area contributed by atoms with Crippen molar-refractivity contribution in [3.05, 3.63) is 77.0 Å². The van der Waals surface area contributed by atoms with E-state index >= 15 is 0 Å². The van der Waals surface area contributed by atoms with E-state index in [1.165, 1.54) is 5.56 Å². The molecule has 1 N–H and O–H groups in total. The highest BCUT2D eigenvalue weighted by molar-refractivity contribution is 6.17. The first-order valence-electron chi connectivity index (χ1n) is 12.2. The number of hydrogen-bond acceptors (Lipinski definition) is 4. The number of Topliss-reactive ketones (excluding diaryl/α,β-unsaturated/α-hetero) is 1. The van der Waals surface area contributed by atoms with Crippen LogP contribution >= 0.6 is 0 Å². The van der Waals surface area contributed by atoms with E-state index in [4.69, 9.17) is 0 Å². The first kappa shape index (κ1) is 23.6. The average molecular weight is 457 g/mol. The molecule has 0 bridgehead atoms. The Balaban J connectivity index is 1.58. The number of benzene rings is 2. The number of nitrogens with zero attached hydrogens (tertiary/aromatic N) is 3. The summed E-state index contributed by atoms with van der Waals surface area (Å²) in [4.78, 5) is 23.6. The summed E-state index contributed by atoms with van der Waals surface area (Å²) in [5.74, 6) is 1.72. The number of nitrogens with one attached hydrogen (secondary N) is 1. The average Bonchev–Trinajstić information content (AvgIpc) is 3.38. The second-order valence-electron chi connectivity index (χ2n) is 8.82. The molecule has 1 fully saturated rings. The summed E-state index contributed by atoms with van der Waals surface area (Å²) in [5, 5.41) is 11.6. The zero-order chi connectivity index (χ0) is 23.9. The van der Waals surface area contributed by atoms with Gasteiger partial charge in [0.05, 0.1) is 18.7 Å². The lowest BCUT2D eigenvalue weighted by Crippen LogP contribution is -2.12. The Morgan fingerprint density at radius 2 is 1.56 bits per heavy atom. The monoisotopic (exact) mass is 456 g/mol. The molecule has 1 aromatic heterocycles. The Kier molecular flexibility index (Phi) is 7.68. The van der Waals surface area contributed by atoms with Crippen molar-refractivity contribution in [2.45, 2.75) is 65.3 Å². The lowest BCUT2D eigenvalue weighted by atomic mass is 9.97. The summed E-state index contributed by atoms with van der Waals surface area (Å²) in [7, 11) is 0. The third kappa shape index (κ3) is 5.50. The predicted molar refractivity (Wildman–Crippen MR) is 134 cm³/mol. The summed E-state index contributed by atoms with van der Waals surface area (Å²) in [5.41, 5.74) is 4.55. The van der Waals surface area contributed by atoms with Crippen molar-refractivity contribution in [2.75, 3.05) is 0 Å². The first-order valence-corrected chi connectivity index (χ1v) is 12.2. The highest BCUT2D eigenvalue weighted by Gasteiger charge is 2.24. The minimum absolute atomic E-state index is 0.0771. The lowest BCUT2D eigenvalue weighted by Gasteiger charge is -2.12. The van der Waals surface area contributed by atoms with Gasteiger partial charge in [-0.3, -0.25) is 9.59 Å². The molecule has 6 heteroatoms. The van der Waals surface area contributed by atoms with Crippen molar-refractivity contribution in [1.29, 1.82) is 0 Å². The standard InChI is InChI=1S/C28H32N4O2/c1-3-5-11-26-30-31-27(12-6-4-2)32(26)19-20-13-15-21(16-14-20)23-10-8-7-9-22(23)17-24-25(33)18-28(34)29-24/h7-10,13-17H,3-6,11-12,18-19H2,1-2H3,(H,29,34)/b24-17-. The molecule has 34 heavy (non-hydrogen) atoms. The van der Waals surface area contributed by atoms with Gasteiger partial charge in [-0.25, -0.2) is 0 Å². The van der Waals surface area contributed by atoms with Gasteiger partial charge in [-0.15, -0.1) is 10.2 Å². The van der Waals surface area contributed by atoms with Crippen LogP contribution in [0.4, 0.5) is 0 Å². The van der Waals surface area contributed by atoms with Crippen molar-refractivity contribution in [1.82, 2.24) is 20.1 Å². The van der Waals surface area contributed by atoms with E-state index in [0.717, 1.165) is 73.4 Å². The fraction of sp³-hybridized carbons (Fsp3) is 0.357. The minimum atomic E-state index is -0.247. The minimum Gasteiger partial charge on any atom is -0.323 e. The first-order chi connectivity index (χ1) is 16.6. The van der Waals surface area contributed by atoms with Gasteiger partial charge < -0.3 is 9.88 Å². The van der Waals surface area contributed by atoms with Gasteiger partial charge in [0.2, 0.25) is 5.91 Å². The smallest absolute Gasteiger partial charge is 0.232 e. The van der Waals surface area contributed by atoms with Crippen LogP contribution in [-0.2, 0) is 29.0 Å². The molecule has 2 aromatic carbocycles. The second-order valence-corrected chi connectivity index (χ2v) is 8.82. The molecular weight excluding hydrogens is 424 g/mol. The van der Waals surface area contributed by atoms with Crippen molar-refractivity contribution < 1.29 is 9.59 Å². The number of carbonyl (C=O) groups excluding carboxylic acids is 2. The third-order valence-corrected chi connectivity index (χ3v) is 6.17. The molecule has 6 nitrogen and oxygen atoms in total. The Bertz CT molecular complexity index is 1170. The maximum Gasteiger partial charge on any atom is 0.232 e. The molecule has 176 valence electrons.